The molecule has 1 heterocycles. The highest BCUT2D eigenvalue weighted by molar-refractivity contribution is 6.31. The summed E-state index contributed by atoms with van der Waals surface area (Å²) in [6.45, 7) is 2.53. The summed E-state index contributed by atoms with van der Waals surface area (Å²) in [5, 5.41) is 9.95. The topological polar surface area (TPSA) is 39.9 Å². The van der Waals surface area contributed by atoms with Crippen molar-refractivity contribution in [1.29, 1.82) is 5.26 Å². The molecule has 0 radical (unpaired) electrons. The zero-order valence-electron chi connectivity index (χ0n) is 10.9. The van der Waals surface area contributed by atoms with E-state index in [1.165, 1.54) is 0 Å². The number of nitrogens with zero attached hydrogens (tertiary/aromatic N) is 3. The summed E-state index contributed by atoms with van der Waals surface area (Å²) < 4.78 is 0. The third kappa shape index (κ3) is 2.86. The van der Waals surface area contributed by atoms with Crippen LogP contribution in [0.3, 0.4) is 0 Å². The number of rotatable bonds is 3. The van der Waals surface area contributed by atoms with Crippen molar-refractivity contribution in [2.45, 2.75) is 13.5 Å². The summed E-state index contributed by atoms with van der Waals surface area (Å²) >= 11 is 6.15. The number of pyridine rings is 1. The molecule has 4 heteroatoms. The lowest BCUT2D eigenvalue weighted by Gasteiger charge is -2.20. The number of aryl methyl sites for hydroxylation is 1. The Labute approximate surface area is 118 Å². The SMILES string of the molecule is Cc1ccnc(N(C)Cc2ccccc2Cl)c1C#N. The Morgan fingerprint density at radius 2 is 2.05 bits per heavy atom. The molecule has 1 aromatic heterocycles. The van der Waals surface area contributed by atoms with Crippen molar-refractivity contribution in [3.8, 4) is 6.07 Å². The predicted molar refractivity (Wildman–Crippen MR) is 77.2 cm³/mol. The average Bonchev–Trinajstić information content (AvgIpc) is 2.41. The van der Waals surface area contributed by atoms with Crippen LogP contribution in [-0.2, 0) is 6.54 Å². The van der Waals surface area contributed by atoms with Crippen molar-refractivity contribution in [3.05, 3.63) is 58.2 Å². The van der Waals surface area contributed by atoms with Gasteiger partial charge in [0.2, 0.25) is 0 Å². The first kappa shape index (κ1) is 13.4. The van der Waals surface area contributed by atoms with Gasteiger partial charge in [-0.05, 0) is 30.2 Å². The van der Waals surface area contributed by atoms with Crippen molar-refractivity contribution in [3.63, 3.8) is 0 Å². The van der Waals surface area contributed by atoms with E-state index < -0.39 is 0 Å². The van der Waals surface area contributed by atoms with E-state index >= 15 is 0 Å². The van der Waals surface area contributed by atoms with E-state index in [0.29, 0.717) is 17.9 Å². The van der Waals surface area contributed by atoms with Crippen molar-refractivity contribution < 1.29 is 0 Å². The van der Waals surface area contributed by atoms with E-state index in [9.17, 15) is 5.26 Å². The maximum atomic E-state index is 9.23. The molecule has 0 aliphatic carbocycles. The highest BCUT2D eigenvalue weighted by atomic mass is 35.5. The molecule has 0 unspecified atom stereocenters. The van der Waals surface area contributed by atoms with Gasteiger partial charge in [-0.25, -0.2) is 4.98 Å². The number of nitriles is 1. The maximum Gasteiger partial charge on any atom is 0.146 e. The molecule has 19 heavy (non-hydrogen) atoms. The Hall–Kier alpha value is -2.05. The normalized spacial score (nSPS) is 10.0. The van der Waals surface area contributed by atoms with Gasteiger partial charge in [-0.1, -0.05) is 29.8 Å². The van der Waals surface area contributed by atoms with Crippen LogP contribution in [0.1, 0.15) is 16.7 Å². The second kappa shape index (κ2) is 5.73. The summed E-state index contributed by atoms with van der Waals surface area (Å²) in [7, 11) is 1.91. The highest BCUT2D eigenvalue weighted by Crippen LogP contribution is 2.23. The third-order valence-corrected chi connectivity index (χ3v) is 3.35. The molecule has 0 atom stereocenters. The van der Waals surface area contributed by atoms with Gasteiger partial charge in [-0.15, -0.1) is 0 Å². The lowest BCUT2D eigenvalue weighted by Crippen LogP contribution is -2.19. The van der Waals surface area contributed by atoms with Crippen molar-refractivity contribution in [2.24, 2.45) is 0 Å². The van der Waals surface area contributed by atoms with Gasteiger partial charge in [0.25, 0.3) is 0 Å². The number of halogens is 1. The Balaban J connectivity index is 2.31. The van der Waals surface area contributed by atoms with Gasteiger partial charge in [0, 0.05) is 24.8 Å². The van der Waals surface area contributed by atoms with Gasteiger partial charge >= 0.3 is 0 Å². The first-order chi connectivity index (χ1) is 9.13. The quantitative estimate of drug-likeness (QED) is 0.857. The second-order valence-electron chi connectivity index (χ2n) is 4.39. The smallest absolute Gasteiger partial charge is 0.146 e. The zero-order chi connectivity index (χ0) is 13.8. The summed E-state index contributed by atoms with van der Waals surface area (Å²) in [6.07, 6.45) is 1.72. The highest BCUT2D eigenvalue weighted by Gasteiger charge is 2.12. The van der Waals surface area contributed by atoms with E-state index in [4.69, 9.17) is 11.6 Å². The lowest BCUT2D eigenvalue weighted by atomic mass is 10.1. The van der Waals surface area contributed by atoms with Crippen LogP contribution in [0.5, 0.6) is 0 Å². The van der Waals surface area contributed by atoms with Crippen molar-refractivity contribution in [1.82, 2.24) is 4.98 Å². The monoisotopic (exact) mass is 271 g/mol. The van der Waals surface area contributed by atoms with E-state index in [1.54, 1.807) is 6.20 Å². The van der Waals surface area contributed by atoms with Crippen LogP contribution in [0.15, 0.2) is 36.5 Å². The Morgan fingerprint density at radius 1 is 1.32 bits per heavy atom. The predicted octanol–water partition coefficient (Wildman–Crippen LogP) is 3.55. The molecule has 0 amide bonds. The summed E-state index contributed by atoms with van der Waals surface area (Å²) in [6, 6.07) is 11.7. The fraction of sp³-hybridized carbons (Fsp3) is 0.200. The first-order valence-electron chi connectivity index (χ1n) is 5.93. The minimum atomic E-state index is 0.608. The lowest BCUT2D eigenvalue weighted by molar-refractivity contribution is 0.893. The second-order valence-corrected chi connectivity index (χ2v) is 4.79. The molecule has 96 valence electrons. The summed E-state index contributed by atoms with van der Waals surface area (Å²) in [5.74, 6) is 0.683. The van der Waals surface area contributed by atoms with Crippen LogP contribution in [0, 0.1) is 18.3 Å². The Morgan fingerprint density at radius 3 is 2.74 bits per heavy atom. The van der Waals surface area contributed by atoms with Crippen molar-refractivity contribution >= 4 is 17.4 Å². The van der Waals surface area contributed by atoms with Crippen LogP contribution in [0.2, 0.25) is 5.02 Å². The van der Waals surface area contributed by atoms with Gasteiger partial charge < -0.3 is 4.90 Å². The van der Waals surface area contributed by atoms with Crippen LogP contribution in [0.4, 0.5) is 5.82 Å². The molecule has 2 aromatic rings. The molecule has 0 saturated heterocycles. The molecule has 0 aliphatic rings. The molecular weight excluding hydrogens is 258 g/mol. The fourth-order valence-electron chi connectivity index (χ4n) is 1.93. The van der Waals surface area contributed by atoms with Crippen LogP contribution >= 0.6 is 11.6 Å². The van der Waals surface area contributed by atoms with Gasteiger partial charge in [-0.2, -0.15) is 5.26 Å². The van der Waals surface area contributed by atoms with E-state index in [1.807, 2.05) is 49.2 Å². The van der Waals surface area contributed by atoms with Gasteiger partial charge in [0.15, 0.2) is 0 Å². The molecule has 0 aliphatic heterocycles. The molecule has 0 saturated carbocycles. The standard InChI is InChI=1S/C15H14ClN3/c1-11-7-8-18-15(13(11)9-17)19(2)10-12-5-3-4-6-14(12)16/h3-8H,10H2,1-2H3. The van der Waals surface area contributed by atoms with E-state index in [2.05, 4.69) is 11.1 Å². The van der Waals surface area contributed by atoms with Gasteiger partial charge in [0.1, 0.15) is 11.9 Å². The van der Waals surface area contributed by atoms with Crippen LogP contribution in [0.25, 0.3) is 0 Å². The summed E-state index contributed by atoms with van der Waals surface area (Å²) in [4.78, 5) is 6.23. The molecule has 2 rings (SSSR count). The molecule has 0 N–H and O–H groups in total. The number of hydrogen-bond donors (Lipinski definition) is 0. The minimum absolute atomic E-state index is 0.608. The fourth-order valence-corrected chi connectivity index (χ4v) is 2.12. The van der Waals surface area contributed by atoms with Crippen molar-refractivity contribution in [2.75, 3.05) is 11.9 Å². The molecular formula is C15H14ClN3. The number of anilines is 1. The first-order valence-corrected chi connectivity index (χ1v) is 6.31. The average molecular weight is 272 g/mol. The maximum absolute atomic E-state index is 9.23. The largest absolute Gasteiger partial charge is 0.354 e. The minimum Gasteiger partial charge on any atom is -0.354 e. The number of hydrogen-bond acceptors (Lipinski definition) is 3. The number of benzene rings is 1. The molecule has 1 aromatic carbocycles. The van der Waals surface area contributed by atoms with Gasteiger partial charge in [0.05, 0.1) is 5.56 Å². The molecule has 0 fully saturated rings. The summed E-state index contributed by atoms with van der Waals surface area (Å²) in [5.41, 5.74) is 2.55. The van der Waals surface area contributed by atoms with E-state index in [0.717, 1.165) is 16.1 Å². The molecule has 0 bridgehead atoms. The number of aromatic nitrogens is 1. The molecule has 0 spiro atoms. The van der Waals surface area contributed by atoms with E-state index in [-0.39, 0.29) is 0 Å². The van der Waals surface area contributed by atoms with Crippen LogP contribution < -0.4 is 4.90 Å². The van der Waals surface area contributed by atoms with Gasteiger partial charge in [-0.3, -0.25) is 0 Å². The Kier molecular flexibility index (Phi) is 4.03. The van der Waals surface area contributed by atoms with Crippen LogP contribution in [-0.4, -0.2) is 12.0 Å². The third-order valence-electron chi connectivity index (χ3n) is 2.98. The zero-order valence-corrected chi connectivity index (χ0v) is 11.6. The Bertz CT molecular complexity index is 632. The molecule has 3 nitrogen and oxygen atoms in total.